The first kappa shape index (κ1) is 16.7. The molecule has 0 radical (unpaired) electrons. The SMILES string of the molecule is CCO[C@H](C)c1nc(Cn2cccc(C(F)(F)F)c2=O)cs1. The minimum atomic E-state index is -4.66. The Kier molecular flexibility index (Phi) is 5.02. The van der Waals surface area contributed by atoms with Crippen LogP contribution in [-0.2, 0) is 17.5 Å². The van der Waals surface area contributed by atoms with E-state index in [1.807, 2.05) is 13.8 Å². The van der Waals surface area contributed by atoms with Gasteiger partial charge in [-0.05, 0) is 26.0 Å². The van der Waals surface area contributed by atoms with Crippen molar-refractivity contribution in [3.05, 3.63) is 50.3 Å². The predicted molar refractivity (Wildman–Crippen MR) is 77.0 cm³/mol. The fourth-order valence-electron chi connectivity index (χ4n) is 1.95. The van der Waals surface area contributed by atoms with E-state index >= 15 is 0 Å². The summed E-state index contributed by atoms with van der Waals surface area (Å²) in [5.41, 5.74) is -1.71. The molecule has 0 unspecified atom stereocenters. The Morgan fingerprint density at radius 3 is 2.82 bits per heavy atom. The highest BCUT2D eigenvalue weighted by Crippen LogP contribution is 2.26. The zero-order valence-electron chi connectivity index (χ0n) is 12.1. The first-order valence-electron chi connectivity index (χ1n) is 6.65. The molecule has 0 amide bonds. The Hall–Kier alpha value is -1.67. The Labute approximate surface area is 129 Å². The van der Waals surface area contributed by atoms with Crippen LogP contribution in [0.3, 0.4) is 0 Å². The van der Waals surface area contributed by atoms with Gasteiger partial charge in [-0.1, -0.05) is 0 Å². The number of halogens is 3. The summed E-state index contributed by atoms with van der Waals surface area (Å²) >= 11 is 1.36. The number of alkyl halides is 3. The van der Waals surface area contributed by atoms with Crippen molar-refractivity contribution in [1.82, 2.24) is 9.55 Å². The van der Waals surface area contributed by atoms with Gasteiger partial charge in [-0.3, -0.25) is 4.79 Å². The van der Waals surface area contributed by atoms with E-state index in [1.54, 1.807) is 5.38 Å². The molecule has 4 nitrogen and oxygen atoms in total. The van der Waals surface area contributed by atoms with E-state index in [1.165, 1.54) is 23.6 Å². The van der Waals surface area contributed by atoms with Crippen molar-refractivity contribution < 1.29 is 17.9 Å². The number of ether oxygens (including phenoxy) is 1. The first-order valence-corrected chi connectivity index (χ1v) is 7.53. The molecule has 0 aliphatic rings. The molecule has 0 bridgehead atoms. The summed E-state index contributed by atoms with van der Waals surface area (Å²) in [6, 6.07) is 1.99. The van der Waals surface area contributed by atoms with Gasteiger partial charge >= 0.3 is 6.18 Å². The summed E-state index contributed by atoms with van der Waals surface area (Å²) in [6.07, 6.45) is -3.51. The summed E-state index contributed by atoms with van der Waals surface area (Å²) in [5.74, 6) is 0. The standard InChI is InChI=1S/C14H15F3N2O2S/c1-3-21-9(2)12-18-10(8-22-12)7-19-6-4-5-11(13(19)20)14(15,16)17/h4-6,8-9H,3,7H2,1-2H3/t9-/m1/s1. The molecule has 0 aliphatic heterocycles. The summed E-state index contributed by atoms with van der Waals surface area (Å²) in [6.45, 7) is 4.26. The monoisotopic (exact) mass is 332 g/mol. The fraction of sp³-hybridized carbons (Fsp3) is 0.429. The number of pyridine rings is 1. The third kappa shape index (κ3) is 3.75. The first-order chi connectivity index (χ1) is 10.3. The minimum Gasteiger partial charge on any atom is -0.372 e. The zero-order chi connectivity index (χ0) is 16.3. The topological polar surface area (TPSA) is 44.1 Å². The molecule has 0 aliphatic carbocycles. The highest BCUT2D eigenvalue weighted by atomic mass is 32.1. The van der Waals surface area contributed by atoms with Crippen LogP contribution >= 0.6 is 11.3 Å². The van der Waals surface area contributed by atoms with Crippen molar-refractivity contribution >= 4 is 11.3 Å². The van der Waals surface area contributed by atoms with Gasteiger partial charge in [-0.15, -0.1) is 11.3 Å². The number of hydrogen-bond donors (Lipinski definition) is 0. The van der Waals surface area contributed by atoms with Gasteiger partial charge in [-0.25, -0.2) is 4.98 Å². The van der Waals surface area contributed by atoms with E-state index < -0.39 is 17.3 Å². The number of rotatable bonds is 5. The largest absolute Gasteiger partial charge is 0.421 e. The minimum absolute atomic E-state index is 0.00189. The second-order valence-electron chi connectivity index (χ2n) is 4.63. The van der Waals surface area contributed by atoms with Gasteiger partial charge in [-0.2, -0.15) is 13.2 Å². The predicted octanol–water partition coefficient (Wildman–Crippen LogP) is 3.47. The van der Waals surface area contributed by atoms with E-state index in [0.717, 1.165) is 15.6 Å². The van der Waals surface area contributed by atoms with Gasteiger partial charge in [0.15, 0.2) is 0 Å². The molecular weight excluding hydrogens is 317 g/mol. The third-order valence-corrected chi connectivity index (χ3v) is 4.05. The van der Waals surface area contributed by atoms with Crippen LogP contribution in [0.2, 0.25) is 0 Å². The maximum atomic E-state index is 12.7. The van der Waals surface area contributed by atoms with E-state index in [2.05, 4.69) is 4.98 Å². The third-order valence-electron chi connectivity index (χ3n) is 2.99. The van der Waals surface area contributed by atoms with Crippen molar-refractivity contribution in [1.29, 1.82) is 0 Å². The van der Waals surface area contributed by atoms with Crippen LogP contribution < -0.4 is 5.56 Å². The molecule has 8 heteroatoms. The molecule has 0 saturated heterocycles. The Balaban J connectivity index is 2.24. The van der Waals surface area contributed by atoms with Crippen LogP contribution in [0.1, 0.15) is 36.2 Å². The summed E-state index contributed by atoms with van der Waals surface area (Å²) in [7, 11) is 0. The molecule has 2 aromatic heterocycles. The van der Waals surface area contributed by atoms with Crippen molar-refractivity contribution in [2.24, 2.45) is 0 Å². The summed E-state index contributed by atoms with van der Waals surface area (Å²) < 4.78 is 44.6. The number of hydrogen-bond acceptors (Lipinski definition) is 4. The number of aromatic nitrogens is 2. The van der Waals surface area contributed by atoms with E-state index in [-0.39, 0.29) is 12.6 Å². The zero-order valence-corrected chi connectivity index (χ0v) is 12.9. The second-order valence-corrected chi connectivity index (χ2v) is 5.52. The molecule has 120 valence electrons. The number of thiazole rings is 1. The average Bonchev–Trinajstić information content (AvgIpc) is 2.89. The lowest BCUT2D eigenvalue weighted by atomic mass is 10.2. The maximum absolute atomic E-state index is 12.7. The van der Waals surface area contributed by atoms with Crippen LogP contribution in [0.15, 0.2) is 28.5 Å². The fourth-order valence-corrected chi connectivity index (χ4v) is 2.77. The van der Waals surface area contributed by atoms with Crippen LogP contribution in [0.4, 0.5) is 13.2 Å². The molecule has 0 spiro atoms. The molecule has 1 atom stereocenters. The molecule has 2 rings (SSSR count). The van der Waals surface area contributed by atoms with Crippen molar-refractivity contribution in [3.63, 3.8) is 0 Å². The summed E-state index contributed by atoms with van der Waals surface area (Å²) in [4.78, 5) is 16.2. The normalized spacial score (nSPS) is 13.3. The lowest BCUT2D eigenvalue weighted by molar-refractivity contribution is -0.138. The van der Waals surface area contributed by atoms with Crippen LogP contribution in [-0.4, -0.2) is 16.2 Å². The van der Waals surface area contributed by atoms with E-state index in [0.29, 0.717) is 12.3 Å². The molecule has 2 heterocycles. The summed E-state index contributed by atoms with van der Waals surface area (Å²) in [5, 5.41) is 2.45. The van der Waals surface area contributed by atoms with Crippen molar-refractivity contribution in [3.8, 4) is 0 Å². The smallest absolute Gasteiger partial charge is 0.372 e. The highest BCUT2D eigenvalue weighted by Gasteiger charge is 2.34. The van der Waals surface area contributed by atoms with Gasteiger partial charge in [0.25, 0.3) is 5.56 Å². The lowest BCUT2D eigenvalue weighted by Gasteiger charge is -2.09. The molecule has 0 fully saturated rings. The van der Waals surface area contributed by atoms with E-state index in [4.69, 9.17) is 4.74 Å². The van der Waals surface area contributed by atoms with Crippen LogP contribution in [0.25, 0.3) is 0 Å². The van der Waals surface area contributed by atoms with Gasteiger partial charge in [0, 0.05) is 18.2 Å². The Morgan fingerprint density at radius 2 is 2.18 bits per heavy atom. The van der Waals surface area contributed by atoms with Gasteiger partial charge in [0.05, 0.1) is 12.2 Å². The van der Waals surface area contributed by atoms with Crippen LogP contribution in [0.5, 0.6) is 0 Å². The van der Waals surface area contributed by atoms with Gasteiger partial charge < -0.3 is 9.30 Å². The number of nitrogens with zero attached hydrogens (tertiary/aromatic N) is 2. The molecule has 2 aromatic rings. The highest BCUT2D eigenvalue weighted by molar-refractivity contribution is 7.09. The van der Waals surface area contributed by atoms with Crippen molar-refractivity contribution in [2.75, 3.05) is 6.61 Å². The molecule has 22 heavy (non-hydrogen) atoms. The molecular formula is C14H15F3N2O2S. The average molecular weight is 332 g/mol. The Morgan fingerprint density at radius 1 is 1.45 bits per heavy atom. The van der Waals surface area contributed by atoms with Gasteiger partial charge in [0.1, 0.15) is 16.7 Å². The molecule has 0 saturated carbocycles. The second kappa shape index (κ2) is 6.62. The Bertz CT molecular complexity index is 694. The van der Waals surface area contributed by atoms with Gasteiger partial charge in [0.2, 0.25) is 0 Å². The van der Waals surface area contributed by atoms with Crippen LogP contribution in [0, 0.1) is 0 Å². The van der Waals surface area contributed by atoms with E-state index in [9.17, 15) is 18.0 Å². The van der Waals surface area contributed by atoms with Crippen molar-refractivity contribution in [2.45, 2.75) is 32.7 Å². The molecule has 0 aromatic carbocycles. The molecule has 0 N–H and O–H groups in total. The quantitative estimate of drug-likeness (QED) is 0.842. The maximum Gasteiger partial charge on any atom is 0.421 e. The lowest BCUT2D eigenvalue weighted by Crippen LogP contribution is -2.28.